The lowest BCUT2D eigenvalue weighted by Gasteiger charge is -2.14. The Hall–Kier alpha value is -2.14. The van der Waals surface area contributed by atoms with Gasteiger partial charge < -0.3 is 14.8 Å². The Bertz CT molecular complexity index is 604. The minimum absolute atomic E-state index is 0.0664. The highest BCUT2D eigenvalue weighted by Gasteiger charge is 2.15. The number of nitrogens with one attached hydrogen (secondary N) is 1. The zero-order valence-electron chi connectivity index (χ0n) is 12.0. The summed E-state index contributed by atoms with van der Waals surface area (Å²) in [7, 11) is 0. The molecule has 112 valence electrons. The molecule has 0 aliphatic carbocycles. The smallest absolute Gasteiger partial charge is 0.287 e. The summed E-state index contributed by atoms with van der Waals surface area (Å²) in [4.78, 5) is 11.9. The minimum atomic E-state index is -0.597. The fourth-order valence-corrected chi connectivity index (χ4v) is 1.75. The zero-order chi connectivity index (χ0) is 15.4. The normalized spacial score (nSPS) is 12.4. The molecule has 0 saturated heterocycles. The Labute approximate surface area is 122 Å². The Morgan fingerprint density at radius 3 is 2.52 bits per heavy atom. The van der Waals surface area contributed by atoms with Gasteiger partial charge in [-0.2, -0.15) is 0 Å². The van der Waals surface area contributed by atoms with Crippen LogP contribution >= 0.6 is 0 Å². The largest absolute Gasteiger partial charge is 0.451 e. The fourth-order valence-electron chi connectivity index (χ4n) is 1.75. The van der Waals surface area contributed by atoms with Crippen molar-refractivity contribution in [1.82, 2.24) is 5.32 Å². The van der Waals surface area contributed by atoms with Crippen LogP contribution in [0.25, 0.3) is 11.3 Å². The summed E-state index contributed by atoms with van der Waals surface area (Å²) >= 11 is 0. The molecule has 0 radical (unpaired) electrons. The van der Waals surface area contributed by atoms with Crippen LogP contribution in [-0.2, 0) is 0 Å². The first-order valence-corrected chi connectivity index (χ1v) is 6.79. The van der Waals surface area contributed by atoms with Crippen LogP contribution in [0.4, 0.5) is 4.39 Å². The Kier molecular flexibility index (Phi) is 4.75. The Morgan fingerprint density at radius 2 is 1.90 bits per heavy atom. The maximum absolute atomic E-state index is 12.9. The number of rotatable bonds is 5. The number of hydrogen-bond donors (Lipinski definition) is 2. The van der Waals surface area contributed by atoms with Gasteiger partial charge in [-0.15, -0.1) is 0 Å². The SMILES string of the molecule is CC(C)C(O)CNC(=O)c1ccc(-c2ccc(F)cc2)o1. The maximum Gasteiger partial charge on any atom is 0.287 e. The summed E-state index contributed by atoms with van der Waals surface area (Å²) in [6, 6.07) is 9.03. The van der Waals surface area contributed by atoms with E-state index in [2.05, 4.69) is 5.32 Å². The first kappa shape index (κ1) is 15.3. The van der Waals surface area contributed by atoms with Gasteiger partial charge in [0.25, 0.3) is 5.91 Å². The second kappa shape index (κ2) is 6.54. The van der Waals surface area contributed by atoms with E-state index in [9.17, 15) is 14.3 Å². The summed E-state index contributed by atoms with van der Waals surface area (Å²) < 4.78 is 18.3. The van der Waals surface area contributed by atoms with E-state index < -0.39 is 6.10 Å². The van der Waals surface area contributed by atoms with E-state index in [0.717, 1.165) is 0 Å². The van der Waals surface area contributed by atoms with Crippen LogP contribution in [0.2, 0.25) is 0 Å². The van der Waals surface area contributed by atoms with Crippen LogP contribution in [0.5, 0.6) is 0 Å². The minimum Gasteiger partial charge on any atom is -0.451 e. The van der Waals surface area contributed by atoms with Crippen LogP contribution in [0, 0.1) is 11.7 Å². The van der Waals surface area contributed by atoms with Gasteiger partial charge >= 0.3 is 0 Å². The molecule has 2 N–H and O–H groups in total. The Morgan fingerprint density at radius 1 is 1.24 bits per heavy atom. The molecule has 0 aliphatic rings. The number of hydrogen-bond acceptors (Lipinski definition) is 3. The van der Waals surface area contributed by atoms with E-state index in [0.29, 0.717) is 11.3 Å². The summed E-state index contributed by atoms with van der Waals surface area (Å²) in [6.45, 7) is 3.91. The summed E-state index contributed by atoms with van der Waals surface area (Å²) in [5.74, 6) is 0.000485. The number of carbonyl (C=O) groups is 1. The molecule has 2 aromatic rings. The highest BCUT2D eigenvalue weighted by atomic mass is 19.1. The van der Waals surface area contributed by atoms with Crippen LogP contribution in [-0.4, -0.2) is 23.7 Å². The number of halogens is 1. The third-order valence-electron chi connectivity index (χ3n) is 3.20. The van der Waals surface area contributed by atoms with Crippen molar-refractivity contribution >= 4 is 5.91 Å². The standard InChI is InChI=1S/C16H18FNO3/c1-10(2)13(19)9-18-16(20)15-8-7-14(21-15)11-3-5-12(17)6-4-11/h3-8,10,13,19H,9H2,1-2H3,(H,18,20). The number of furan rings is 1. The molecule has 21 heavy (non-hydrogen) atoms. The van der Waals surface area contributed by atoms with E-state index >= 15 is 0 Å². The second-order valence-corrected chi connectivity index (χ2v) is 5.19. The highest BCUT2D eigenvalue weighted by molar-refractivity contribution is 5.92. The van der Waals surface area contributed by atoms with Gasteiger partial charge in [0.1, 0.15) is 11.6 Å². The van der Waals surface area contributed by atoms with Crippen LogP contribution < -0.4 is 5.32 Å². The molecule has 1 amide bonds. The topological polar surface area (TPSA) is 62.5 Å². The van der Waals surface area contributed by atoms with Gasteiger partial charge in [-0.3, -0.25) is 4.79 Å². The molecule has 1 aromatic carbocycles. The maximum atomic E-state index is 12.9. The predicted octanol–water partition coefficient (Wildman–Crippen LogP) is 2.83. The number of benzene rings is 1. The molecule has 0 aliphatic heterocycles. The van der Waals surface area contributed by atoms with Crippen molar-refractivity contribution in [1.29, 1.82) is 0 Å². The average Bonchev–Trinajstić information content (AvgIpc) is 2.94. The van der Waals surface area contributed by atoms with Gasteiger partial charge in [0.15, 0.2) is 5.76 Å². The summed E-state index contributed by atoms with van der Waals surface area (Å²) in [5.41, 5.74) is 0.692. The molecular weight excluding hydrogens is 273 g/mol. The first-order chi connectivity index (χ1) is 9.97. The van der Waals surface area contributed by atoms with Crippen molar-refractivity contribution < 1.29 is 18.7 Å². The predicted molar refractivity (Wildman–Crippen MR) is 77.3 cm³/mol. The molecule has 0 saturated carbocycles. The highest BCUT2D eigenvalue weighted by Crippen LogP contribution is 2.22. The lowest BCUT2D eigenvalue weighted by atomic mass is 10.1. The number of aliphatic hydroxyl groups is 1. The van der Waals surface area contributed by atoms with Crippen LogP contribution in [0.3, 0.4) is 0 Å². The lowest BCUT2D eigenvalue weighted by Crippen LogP contribution is -2.34. The zero-order valence-corrected chi connectivity index (χ0v) is 12.0. The van der Waals surface area contributed by atoms with Gasteiger partial charge in [0.05, 0.1) is 6.10 Å². The van der Waals surface area contributed by atoms with E-state index in [1.165, 1.54) is 12.1 Å². The van der Waals surface area contributed by atoms with Gasteiger partial charge in [-0.25, -0.2) is 4.39 Å². The molecule has 0 bridgehead atoms. The number of amides is 1. The van der Waals surface area contributed by atoms with Gasteiger partial charge in [0, 0.05) is 12.1 Å². The van der Waals surface area contributed by atoms with Gasteiger partial charge in [0.2, 0.25) is 0 Å². The molecule has 0 fully saturated rings. The van der Waals surface area contributed by atoms with E-state index in [1.807, 2.05) is 13.8 Å². The van der Waals surface area contributed by atoms with Crippen molar-refractivity contribution in [2.45, 2.75) is 20.0 Å². The lowest BCUT2D eigenvalue weighted by molar-refractivity contribution is 0.0847. The second-order valence-electron chi connectivity index (χ2n) is 5.19. The quantitative estimate of drug-likeness (QED) is 0.890. The van der Waals surface area contributed by atoms with E-state index in [4.69, 9.17) is 4.42 Å². The molecule has 1 unspecified atom stereocenters. The van der Waals surface area contributed by atoms with Crippen molar-refractivity contribution in [2.24, 2.45) is 5.92 Å². The molecular formula is C16H18FNO3. The van der Waals surface area contributed by atoms with E-state index in [1.54, 1.807) is 24.3 Å². The third-order valence-corrected chi connectivity index (χ3v) is 3.20. The fraction of sp³-hybridized carbons (Fsp3) is 0.312. The first-order valence-electron chi connectivity index (χ1n) is 6.79. The van der Waals surface area contributed by atoms with E-state index in [-0.39, 0.29) is 29.9 Å². The van der Waals surface area contributed by atoms with Crippen LogP contribution in [0.1, 0.15) is 24.4 Å². The number of carbonyl (C=O) groups excluding carboxylic acids is 1. The van der Waals surface area contributed by atoms with Crippen molar-refractivity contribution in [3.05, 3.63) is 48.0 Å². The summed E-state index contributed by atoms with van der Waals surface area (Å²) in [5, 5.41) is 12.3. The van der Waals surface area contributed by atoms with Crippen molar-refractivity contribution in [2.75, 3.05) is 6.54 Å². The molecule has 1 heterocycles. The monoisotopic (exact) mass is 291 g/mol. The Balaban J connectivity index is 2.02. The molecule has 4 nitrogen and oxygen atoms in total. The van der Waals surface area contributed by atoms with Crippen LogP contribution in [0.15, 0.2) is 40.8 Å². The molecule has 0 spiro atoms. The summed E-state index contributed by atoms with van der Waals surface area (Å²) in [6.07, 6.45) is -0.597. The molecule has 2 rings (SSSR count). The number of aliphatic hydroxyl groups excluding tert-OH is 1. The van der Waals surface area contributed by atoms with Gasteiger partial charge in [-0.1, -0.05) is 13.8 Å². The molecule has 1 atom stereocenters. The molecule has 1 aromatic heterocycles. The van der Waals surface area contributed by atoms with Crippen molar-refractivity contribution in [3.8, 4) is 11.3 Å². The average molecular weight is 291 g/mol. The molecule has 5 heteroatoms. The van der Waals surface area contributed by atoms with Gasteiger partial charge in [-0.05, 0) is 42.3 Å². The third kappa shape index (κ3) is 3.92. The van der Waals surface area contributed by atoms with Crippen molar-refractivity contribution in [3.63, 3.8) is 0 Å².